The highest BCUT2D eigenvalue weighted by atomic mass is 32.2. The van der Waals surface area contributed by atoms with E-state index >= 15 is 0 Å². The van der Waals surface area contributed by atoms with Crippen molar-refractivity contribution in [1.82, 2.24) is 9.55 Å². The summed E-state index contributed by atoms with van der Waals surface area (Å²) in [5.74, 6) is 0.452. The molecule has 5 heteroatoms. The number of thioether (sulfide) groups is 1. The number of ether oxygens (including phenoxy) is 1. The van der Waals surface area contributed by atoms with Gasteiger partial charge in [-0.2, -0.15) is 0 Å². The van der Waals surface area contributed by atoms with Crippen LogP contribution in [0.4, 0.5) is 0 Å². The molecule has 0 bridgehead atoms. The molecule has 0 saturated carbocycles. The van der Waals surface area contributed by atoms with Crippen LogP contribution in [0.15, 0.2) is 5.16 Å². The Morgan fingerprint density at radius 1 is 1.47 bits per heavy atom. The fourth-order valence-corrected chi connectivity index (χ4v) is 3.54. The lowest BCUT2D eigenvalue weighted by molar-refractivity contribution is -0.140. The minimum atomic E-state index is -0.109. The molecule has 1 saturated heterocycles. The number of carbonyl (C=O) groups excluding carboxylic acids is 1. The second-order valence-corrected chi connectivity index (χ2v) is 6.83. The Balaban J connectivity index is 2.20. The molecule has 1 fully saturated rings. The van der Waals surface area contributed by atoms with E-state index < -0.39 is 0 Å². The third kappa shape index (κ3) is 3.14. The van der Waals surface area contributed by atoms with Gasteiger partial charge in [0.25, 0.3) is 0 Å². The van der Waals surface area contributed by atoms with Crippen molar-refractivity contribution >= 4 is 17.7 Å². The van der Waals surface area contributed by atoms with Crippen LogP contribution in [0.3, 0.4) is 0 Å². The van der Waals surface area contributed by atoms with E-state index in [-0.39, 0.29) is 17.3 Å². The van der Waals surface area contributed by atoms with E-state index in [9.17, 15) is 4.79 Å². The maximum atomic E-state index is 11.7. The Morgan fingerprint density at radius 2 is 2.16 bits per heavy atom. The summed E-state index contributed by atoms with van der Waals surface area (Å²) in [6.45, 7) is 11.4. The van der Waals surface area contributed by atoms with Crippen molar-refractivity contribution in [1.29, 1.82) is 0 Å². The minimum Gasteiger partial charge on any atom is -0.462 e. The summed E-state index contributed by atoms with van der Waals surface area (Å²) in [6.07, 6.45) is 0.802. The zero-order valence-electron chi connectivity index (χ0n) is 12.3. The van der Waals surface area contributed by atoms with Crippen molar-refractivity contribution < 1.29 is 9.53 Å². The Hall–Kier alpha value is -0.970. The lowest BCUT2D eigenvalue weighted by Crippen LogP contribution is -2.13. The molecule has 2 atom stereocenters. The number of rotatable bonds is 4. The third-order valence-electron chi connectivity index (χ3n) is 3.34. The molecule has 1 aromatic rings. The molecule has 0 spiro atoms. The van der Waals surface area contributed by atoms with Gasteiger partial charge in [-0.25, -0.2) is 4.98 Å². The molecule has 1 aliphatic rings. The van der Waals surface area contributed by atoms with E-state index in [0.29, 0.717) is 5.92 Å². The largest absolute Gasteiger partial charge is 0.462 e. The third-order valence-corrected chi connectivity index (χ3v) is 4.54. The molecule has 0 N–H and O–H groups in total. The summed E-state index contributed by atoms with van der Waals surface area (Å²) in [6, 6.07) is 0. The Labute approximate surface area is 118 Å². The Kier molecular flexibility index (Phi) is 4.23. The van der Waals surface area contributed by atoms with Crippen LogP contribution in [-0.4, -0.2) is 26.9 Å². The highest BCUT2D eigenvalue weighted by Crippen LogP contribution is 2.33. The predicted molar refractivity (Wildman–Crippen MR) is 76.4 cm³/mol. The van der Waals surface area contributed by atoms with Gasteiger partial charge in [0.1, 0.15) is 11.4 Å². The lowest BCUT2D eigenvalue weighted by atomic mass is 10.2. The first-order valence-corrected chi connectivity index (χ1v) is 7.67. The van der Waals surface area contributed by atoms with Crippen LogP contribution in [0.2, 0.25) is 0 Å². The molecule has 19 heavy (non-hydrogen) atoms. The number of cyclic esters (lactones) is 1. The predicted octanol–water partition coefficient (Wildman–Crippen LogP) is 2.95. The first kappa shape index (κ1) is 14.4. The molecular formula is C14H22N2O2S. The van der Waals surface area contributed by atoms with Crippen LogP contribution in [-0.2, 0) is 16.1 Å². The van der Waals surface area contributed by atoms with Crippen LogP contribution in [0.1, 0.15) is 38.6 Å². The van der Waals surface area contributed by atoms with Crippen LogP contribution < -0.4 is 0 Å². The second kappa shape index (κ2) is 5.57. The maximum absolute atomic E-state index is 11.7. The number of aromatic nitrogens is 2. The van der Waals surface area contributed by atoms with Crippen molar-refractivity contribution in [2.45, 2.75) is 64.1 Å². The lowest BCUT2D eigenvalue weighted by Gasteiger charge is -2.13. The monoisotopic (exact) mass is 282 g/mol. The van der Waals surface area contributed by atoms with Gasteiger partial charge in [0.05, 0.1) is 5.69 Å². The van der Waals surface area contributed by atoms with Crippen molar-refractivity contribution in [3.63, 3.8) is 0 Å². The zero-order chi connectivity index (χ0) is 14.2. The van der Waals surface area contributed by atoms with E-state index in [1.54, 1.807) is 11.8 Å². The fourth-order valence-electron chi connectivity index (χ4n) is 2.24. The van der Waals surface area contributed by atoms with Crippen molar-refractivity contribution in [3.8, 4) is 0 Å². The van der Waals surface area contributed by atoms with Gasteiger partial charge < -0.3 is 9.30 Å². The van der Waals surface area contributed by atoms with Crippen LogP contribution in [0.25, 0.3) is 0 Å². The number of aryl methyl sites for hydroxylation is 1. The molecule has 2 heterocycles. The number of esters is 1. The van der Waals surface area contributed by atoms with E-state index in [0.717, 1.165) is 23.8 Å². The summed E-state index contributed by atoms with van der Waals surface area (Å²) >= 11 is 1.54. The van der Waals surface area contributed by atoms with Crippen molar-refractivity contribution in [2.24, 2.45) is 5.92 Å². The first-order chi connectivity index (χ1) is 8.88. The quantitative estimate of drug-likeness (QED) is 0.796. The van der Waals surface area contributed by atoms with E-state index in [2.05, 4.69) is 30.3 Å². The zero-order valence-corrected chi connectivity index (χ0v) is 13.1. The summed E-state index contributed by atoms with van der Waals surface area (Å²) in [5, 5.41) is 0.835. The van der Waals surface area contributed by atoms with Crippen molar-refractivity contribution in [2.75, 3.05) is 0 Å². The van der Waals surface area contributed by atoms with Crippen LogP contribution in [0.5, 0.6) is 0 Å². The SMILES string of the molecule is Cc1nc(SC2CC(C)OC2=O)n(CC(C)C)c1C. The summed E-state index contributed by atoms with van der Waals surface area (Å²) < 4.78 is 7.43. The average Bonchev–Trinajstić information content (AvgIpc) is 2.74. The maximum Gasteiger partial charge on any atom is 0.319 e. The average molecular weight is 282 g/mol. The van der Waals surface area contributed by atoms with Gasteiger partial charge in [0.15, 0.2) is 5.16 Å². The molecule has 0 aromatic carbocycles. The highest BCUT2D eigenvalue weighted by Gasteiger charge is 2.34. The van der Waals surface area contributed by atoms with Gasteiger partial charge in [-0.3, -0.25) is 4.79 Å². The summed E-state index contributed by atoms with van der Waals surface area (Å²) in [4.78, 5) is 16.3. The van der Waals surface area contributed by atoms with Crippen LogP contribution in [0, 0.1) is 19.8 Å². The normalized spacial score (nSPS) is 23.2. The smallest absolute Gasteiger partial charge is 0.319 e. The summed E-state index contributed by atoms with van der Waals surface area (Å²) in [7, 11) is 0. The minimum absolute atomic E-state index is 0.0284. The van der Waals surface area contributed by atoms with Crippen LogP contribution >= 0.6 is 11.8 Å². The number of hydrogen-bond donors (Lipinski definition) is 0. The van der Waals surface area contributed by atoms with Gasteiger partial charge in [-0.15, -0.1) is 0 Å². The second-order valence-electron chi connectivity index (χ2n) is 5.66. The number of imidazole rings is 1. The molecule has 1 aliphatic heterocycles. The number of nitrogens with zero attached hydrogens (tertiary/aromatic N) is 2. The molecule has 4 nitrogen and oxygen atoms in total. The summed E-state index contributed by atoms with van der Waals surface area (Å²) in [5.41, 5.74) is 2.23. The molecule has 2 rings (SSSR count). The van der Waals surface area contributed by atoms with E-state index in [4.69, 9.17) is 4.74 Å². The highest BCUT2D eigenvalue weighted by molar-refractivity contribution is 8.00. The molecule has 2 unspecified atom stereocenters. The van der Waals surface area contributed by atoms with Gasteiger partial charge >= 0.3 is 5.97 Å². The molecule has 106 valence electrons. The Morgan fingerprint density at radius 3 is 2.68 bits per heavy atom. The van der Waals surface area contributed by atoms with Gasteiger partial charge in [-0.05, 0) is 26.7 Å². The van der Waals surface area contributed by atoms with Gasteiger partial charge in [0.2, 0.25) is 0 Å². The van der Waals surface area contributed by atoms with E-state index in [1.165, 1.54) is 5.69 Å². The number of carbonyl (C=O) groups is 1. The Bertz CT molecular complexity index is 482. The van der Waals surface area contributed by atoms with E-state index in [1.807, 2.05) is 13.8 Å². The fraction of sp³-hybridized carbons (Fsp3) is 0.714. The topological polar surface area (TPSA) is 44.1 Å². The molecular weight excluding hydrogens is 260 g/mol. The molecule has 1 aromatic heterocycles. The molecule has 0 radical (unpaired) electrons. The van der Waals surface area contributed by atoms with Gasteiger partial charge in [0, 0.05) is 18.7 Å². The molecule has 0 amide bonds. The standard InChI is InChI=1S/C14H22N2O2S/c1-8(2)7-16-11(5)10(4)15-14(16)19-12-6-9(3)18-13(12)17/h8-9,12H,6-7H2,1-5H3. The molecule has 0 aliphatic carbocycles. The first-order valence-electron chi connectivity index (χ1n) is 6.79. The number of hydrogen-bond acceptors (Lipinski definition) is 4. The van der Waals surface area contributed by atoms with Crippen molar-refractivity contribution in [3.05, 3.63) is 11.4 Å². The van der Waals surface area contributed by atoms with Gasteiger partial charge in [-0.1, -0.05) is 25.6 Å².